The largest absolute Gasteiger partial charge is 0.497 e. The van der Waals surface area contributed by atoms with Crippen LogP contribution in [-0.2, 0) is 0 Å². The summed E-state index contributed by atoms with van der Waals surface area (Å²) in [5.41, 5.74) is -1.10. The van der Waals surface area contributed by atoms with Gasteiger partial charge in [-0.1, -0.05) is 11.6 Å². The fourth-order valence-electron chi connectivity index (χ4n) is 3.24. The van der Waals surface area contributed by atoms with Crippen molar-refractivity contribution in [1.82, 2.24) is 15.2 Å². The second-order valence-corrected chi connectivity index (χ2v) is 7.54. The second kappa shape index (κ2) is 10.0. The standard InChI is InChI=1S/C21H24ClF2N3O3/c1-29-16-4-7-26-19(13-16)30-11-8-25-14-21(24)5-9-27(10-6-21)20(28)15-2-3-18(23)17(22)12-15/h2-4,7,12-13,25H,5-6,8-11,14H2,1H3. The number of nitrogens with one attached hydrogen (secondary N) is 1. The van der Waals surface area contributed by atoms with Crippen molar-refractivity contribution in [1.29, 1.82) is 0 Å². The van der Waals surface area contributed by atoms with Crippen LogP contribution in [0.4, 0.5) is 8.78 Å². The van der Waals surface area contributed by atoms with Crippen molar-refractivity contribution < 1.29 is 23.0 Å². The summed E-state index contributed by atoms with van der Waals surface area (Å²) < 4.78 is 38.9. The molecule has 0 unspecified atom stereocenters. The molecule has 1 amide bonds. The zero-order chi connectivity index (χ0) is 21.6. The van der Waals surface area contributed by atoms with Crippen LogP contribution in [0.1, 0.15) is 23.2 Å². The summed E-state index contributed by atoms with van der Waals surface area (Å²) in [7, 11) is 1.56. The Labute approximate surface area is 179 Å². The molecule has 0 saturated carbocycles. The molecule has 0 atom stereocenters. The molecule has 1 saturated heterocycles. The Hall–Kier alpha value is -2.45. The summed E-state index contributed by atoms with van der Waals surface area (Å²) in [5.74, 6) is 0.247. The van der Waals surface area contributed by atoms with Crippen molar-refractivity contribution in [2.24, 2.45) is 0 Å². The third-order valence-corrected chi connectivity index (χ3v) is 5.32. The van der Waals surface area contributed by atoms with Crippen LogP contribution < -0.4 is 14.8 Å². The number of aromatic nitrogens is 1. The Morgan fingerprint density at radius 1 is 1.30 bits per heavy atom. The van der Waals surface area contributed by atoms with Crippen molar-refractivity contribution in [3.8, 4) is 11.6 Å². The van der Waals surface area contributed by atoms with Gasteiger partial charge in [-0.2, -0.15) is 0 Å². The van der Waals surface area contributed by atoms with Gasteiger partial charge in [0.2, 0.25) is 5.88 Å². The number of likely N-dealkylation sites (tertiary alicyclic amines) is 1. The van der Waals surface area contributed by atoms with E-state index in [0.717, 1.165) is 6.07 Å². The first-order valence-electron chi connectivity index (χ1n) is 9.67. The molecule has 0 radical (unpaired) electrons. The van der Waals surface area contributed by atoms with Gasteiger partial charge in [0.1, 0.15) is 23.8 Å². The van der Waals surface area contributed by atoms with E-state index in [-0.39, 0.29) is 43.4 Å². The first kappa shape index (κ1) is 22.2. The summed E-state index contributed by atoms with van der Waals surface area (Å²) in [4.78, 5) is 18.2. The van der Waals surface area contributed by atoms with Crippen molar-refractivity contribution in [3.05, 3.63) is 52.9 Å². The average Bonchev–Trinajstić information content (AvgIpc) is 2.75. The third-order valence-electron chi connectivity index (χ3n) is 5.03. The van der Waals surface area contributed by atoms with E-state index in [1.165, 1.54) is 12.1 Å². The summed E-state index contributed by atoms with van der Waals surface area (Å²) in [6.45, 7) is 1.55. The summed E-state index contributed by atoms with van der Waals surface area (Å²) in [6.07, 6.45) is 2.03. The van der Waals surface area contributed by atoms with Gasteiger partial charge in [-0.15, -0.1) is 0 Å². The second-order valence-electron chi connectivity index (χ2n) is 7.13. The molecule has 2 aromatic rings. The number of carbonyl (C=O) groups excluding carboxylic acids is 1. The predicted molar refractivity (Wildman–Crippen MR) is 110 cm³/mol. The summed E-state index contributed by atoms with van der Waals surface area (Å²) in [5, 5.41) is 2.96. The van der Waals surface area contributed by atoms with Gasteiger partial charge < -0.3 is 19.7 Å². The fourth-order valence-corrected chi connectivity index (χ4v) is 3.42. The minimum Gasteiger partial charge on any atom is -0.497 e. The molecular weight excluding hydrogens is 416 g/mol. The first-order chi connectivity index (χ1) is 14.4. The van der Waals surface area contributed by atoms with E-state index in [0.29, 0.717) is 30.3 Å². The summed E-state index contributed by atoms with van der Waals surface area (Å²) >= 11 is 5.74. The van der Waals surface area contributed by atoms with Crippen LogP contribution in [0.15, 0.2) is 36.5 Å². The Bertz CT molecular complexity index is 876. The van der Waals surface area contributed by atoms with Gasteiger partial charge in [-0.05, 0) is 24.3 Å². The Morgan fingerprint density at radius 2 is 2.07 bits per heavy atom. The van der Waals surface area contributed by atoms with Gasteiger partial charge in [0.25, 0.3) is 5.91 Å². The molecule has 0 aliphatic carbocycles. The van der Waals surface area contributed by atoms with E-state index in [4.69, 9.17) is 21.1 Å². The number of carbonyl (C=O) groups is 1. The van der Waals surface area contributed by atoms with E-state index in [1.54, 1.807) is 30.3 Å². The van der Waals surface area contributed by atoms with Gasteiger partial charge in [0.15, 0.2) is 0 Å². The van der Waals surface area contributed by atoms with Crippen LogP contribution in [-0.4, -0.2) is 61.4 Å². The van der Waals surface area contributed by atoms with Crippen molar-refractivity contribution in [2.45, 2.75) is 18.5 Å². The Balaban J connectivity index is 1.40. The molecule has 0 spiro atoms. The van der Waals surface area contributed by atoms with E-state index in [1.807, 2.05) is 0 Å². The van der Waals surface area contributed by atoms with Crippen LogP contribution in [0, 0.1) is 5.82 Å². The third kappa shape index (κ3) is 5.79. The number of methoxy groups -OCH3 is 1. The lowest BCUT2D eigenvalue weighted by atomic mass is 9.93. The van der Waals surface area contributed by atoms with Crippen molar-refractivity contribution in [3.63, 3.8) is 0 Å². The van der Waals surface area contributed by atoms with Crippen LogP contribution >= 0.6 is 11.6 Å². The number of alkyl halides is 1. The summed E-state index contributed by atoms with van der Waals surface area (Å²) in [6, 6.07) is 7.25. The van der Waals surface area contributed by atoms with Gasteiger partial charge >= 0.3 is 0 Å². The maximum absolute atomic E-state index is 15.0. The topological polar surface area (TPSA) is 63.7 Å². The minimum absolute atomic E-state index is 0.103. The lowest BCUT2D eigenvalue weighted by Gasteiger charge is -2.36. The highest BCUT2D eigenvalue weighted by atomic mass is 35.5. The maximum atomic E-state index is 15.0. The smallest absolute Gasteiger partial charge is 0.253 e. The number of rotatable bonds is 8. The van der Waals surface area contributed by atoms with Crippen LogP contribution in [0.2, 0.25) is 5.02 Å². The molecule has 1 aromatic carbocycles. The molecule has 1 aromatic heterocycles. The number of hydrogen-bond acceptors (Lipinski definition) is 5. The van der Waals surface area contributed by atoms with Crippen LogP contribution in [0.25, 0.3) is 0 Å². The van der Waals surface area contributed by atoms with Crippen LogP contribution in [0.3, 0.4) is 0 Å². The molecule has 1 fully saturated rings. The quantitative estimate of drug-likeness (QED) is 0.638. The Morgan fingerprint density at radius 3 is 2.77 bits per heavy atom. The lowest BCUT2D eigenvalue weighted by molar-refractivity contribution is 0.0433. The molecular formula is C21H24ClF2N3O3. The number of benzene rings is 1. The van der Waals surface area contributed by atoms with E-state index < -0.39 is 11.5 Å². The number of piperidine rings is 1. The fraction of sp³-hybridized carbons (Fsp3) is 0.429. The molecule has 1 N–H and O–H groups in total. The zero-order valence-electron chi connectivity index (χ0n) is 16.7. The highest BCUT2D eigenvalue weighted by Crippen LogP contribution is 2.27. The molecule has 1 aliphatic heterocycles. The number of hydrogen-bond donors (Lipinski definition) is 1. The molecule has 30 heavy (non-hydrogen) atoms. The molecule has 1 aliphatic rings. The van der Waals surface area contributed by atoms with Gasteiger partial charge in [-0.3, -0.25) is 4.79 Å². The first-order valence-corrected chi connectivity index (χ1v) is 10.0. The number of pyridine rings is 1. The normalized spacial score (nSPS) is 15.7. The number of halogens is 3. The maximum Gasteiger partial charge on any atom is 0.253 e. The number of nitrogens with zero attached hydrogens (tertiary/aromatic N) is 2. The van der Waals surface area contributed by atoms with E-state index in [2.05, 4.69) is 10.3 Å². The molecule has 6 nitrogen and oxygen atoms in total. The molecule has 2 heterocycles. The monoisotopic (exact) mass is 439 g/mol. The van der Waals surface area contributed by atoms with E-state index in [9.17, 15) is 9.18 Å². The van der Waals surface area contributed by atoms with Gasteiger partial charge in [0, 0.05) is 56.8 Å². The van der Waals surface area contributed by atoms with Crippen LogP contribution in [0.5, 0.6) is 11.6 Å². The lowest BCUT2D eigenvalue weighted by Crippen LogP contribution is -2.49. The van der Waals surface area contributed by atoms with Crippen molar-refractivity contribution in [2.75, 3.05) is 39.9 Å². The predicted octanol–water partition coefficient (Wildman–Crippen LogP) is 3.50. The van der Waals surface area contributed by atoms with Gasteiger partial charge in [0.05, 0.1) is 12.1 Å². The van der Waals surface area contributed by atoms with Crippen molar-refractivity contribution >= 4 is 17.5 Å². The highest BCUT2D eigenvalue weighted by molar-refractivity contribution is 6.31. The Kier molecular flexibility index (Phi) is 7.44. The zero-order valence-corrected chi connectivity index (χ0v) is 17.4. The number of amides is 1. The highest BCUT2D eigenvalue weighted by Gasteiger charge is 2.35. The molecule has 3 rings (SSSR count). The van der Waals surface area contributed by atoms with Gasteiger partial charge in [-0.25, -0.2) is 13.8 Å². The average molecular weight is 440 g/mol. The van der Waals surface area contributed by atoms with E-state index >= 15 is 4.39 Å². The number of ether oxygens (including phenoxy) is 2. The SMILES string of the molecule is COc1ccnc(OCCNCC2(F)CCN(C(=O)c3ccc(F)c(Cl)c3)CC2)c1. The molecule has 9 heteroatoms. The minimum atomic E-state index is -1.40. The molecule has 162 valence electrons. The molecule has 0 bridgehead atoms.